The van der Waals surface area contributed by atoms with Crippen molar-refractivity contribution >= 4 is 17.3 Å². The molecule has 0 atom stereocenters. The van der Waals surface area contributed by atoms with Gasteiger partial charge in [0, 0.05) is 17.3 Å². The van der Waals surface area contributed by atoms with Crippen molar-refractivity contribution in [2.24, 2.45) is 17.3 Å². The highest BCUT2D eigenvalue weighted by Crippen LogP contribution is 2.39. The van der Waals surface area contributed by atoms with Gasteiger partial charge in [0.15, 0.2) is 0 Å². The summed E-state index contributed by atoms with van der Waals surface area (Å²) in [5.74, 6) is 1.72. The van der Waals surface area contributed by atoms with Crippen molar-refractivity contribution in [2.75, 3.05) is 11.9 Å². The van der Waals surface area contributed by atoms with E-state index in [-0.39, 0.29) is 0 Å². The highest BCUT2D eigenvalue weighted by molar-refractivity contribution is 6.30. The van der Waals surface area contributed by atoms with Crippen LogP contribution in [0.2, 0.25) is 5.02 Å². The fraction of sp³-hybridized carbons (Fsp3) is 0.647. The van der Waals surface area contributed by atoms with E-state index in [9.17, 15) is 0 Å². The molecule has 2 rings (SSSR count). The zero-order valence-electron chi connectivity index (χ0n) is 12.4. The Bertz CT molecular complexity index is 400. The fourth-order valence-corrected chi connectivity index (χ4v) is 3.28. The normalized spacial score (nSPS) is 24.2. The van der Waals surface area contributed by atoms with Gasteiger partial charge in [-0.15, -0.1) is 0 Å². The van der Waals surface area contributed by atoms with Crippen molar-refractivity contribution in [1.82, 2.24) is 0 Å². The van der Waals surface area contributed by atoms with Gasteiger partial charge in [-0.25, -0.2) is 0 Å². The van der Waals surface area contributed by atoms with E-state index in [1.165, 1.54) is 25.7 Å². The van der Waals surface area contributed by atoms with Crippen LogP contribution < -0.4 is 5.32 Å². The molecule has 0 bridgehead atoms. The lowest BCUT2D eigenvalue weighted by Crippen LogP contribution is -2.28. The summed E-state index contributed by atoms with van der Waals surface area (Å²) in [5, 5.41) is 4.33. The maximum Gasteiger partial charge on any atom is 0.0426 e. The Morgan fingerprint density at radius 2 is 1.84 bits per heavy atom. The highest BCUT2D eigenvalue weighted by Gasteiger charge is 2.29. The van der Waals surface area contributed by atoms with Crippen LogP contribution in [0.4, 0.5) is 5.69 Å². The molecule has 0 heterocycles. The minimum Gasteiger partial charge on any atom is -0.385 e. The lowest BCUT2D eigenvalue weighted by molar-refractivity contribution is 0.153. The first-order valence-corrected chi connectivity index (χ1v) is 7.82. The minimum absolute atomic E-state index is 0.478. The minimum atomic E-state index is 0.478. The number of nitrogens with one attached hydrogen (secondary N) is 1. The van der Waals surface area contributed by atoms with Gasteiger partial charge in [0.25, 0.3) is 0 Å². The molecular formula is C17H26ClN. The first-order valence-electron chi connectivity index (χ1n) is 7.44. The third kappa shape index (κ3) is 4.42. The molecule has 1 aromatic carbocycles. The van der Waals surface area contributed by atoms with Gasteiger partial charge in [-0.2, -0.15) is 0 Å². The topological polar surface area (TPSA) is 12.0 Å². The largest absolute Gasteiger partial charge is 0.385 e. The van der Waals surface area contributed by atoms with Gasteiger partial charge in [-0.05, 0) is 61.1 Å². The summed E-state index contributed by atoms with van der Waals surface area (Å²) in [5.41, 5.74) is 1.62. The zero-order valence-corrected chi connectivity index (χ0v) is 13.1. The van der Waals surface area contributed by atoms with Crippen LogP contribution in [0.1, 0.15) is 46.5 Å². The summed E-state index contributed by atoms with van der Waals surface area (Å²) < 4.78 is 0. The van der Waals surface area contributed by atoms with Crippen LogP contribution in [-0.2, 0) is 0 Å². The fourth-order valence-electron chi connectivity index (χ4n) is 3.09. The maximum atomic E-state index is 6.00. The molecule has 0 unspecified atom stereocenters. The molecule has 2 heteroatoms. The lowest BCUT2D eigenvalue weighted by atomic mass is 9.70. The molecule has 1 fully saturated rings. The summed E-state index contributed by atoms with van der Waals surface area (Å²) in [4.78, 5) is 0. The predicted octanol–water partition coefficient (Wildman–Crippen LogP) is 5.60. The van der Waals surface area contributed by atoms with E-state index in [1.54, 1.807) is 0 Å². The molecule has 1 aliphatic rings. The number of halogens is 1. The molecule has 1 saturated carbocycles. The quantitative estimate of drug-likeness (QED) is 0.759. The van der Waals surface area contributed by atoms with Gasteiger partial charge in [0.1, 0.15) is 0 Å². The van der Waals surface area contributed by atoms with Crippen LogP contribution in [0.15, 0.2) is 24.3 Å². The van der Waals surface area contributed by atoms with Gasteiger partial charge in [-0.1, -0.05) is 38.4 Å². The van der Waals surface area contributed by atoms with Crippen molar-refractivity contribution in [3.63, 3.8) is 0 Å². The third-order valence-corrected chi connectivity index (χ3v) is 4.73. The predicted molar refractivity (Wildman–Crippen MR) is 84.8 cm³/mol. The van der Waals surface area contributed by atoms with Gasteiger partial charge in [0.2, 0.25) is 0 Å². The van der Waals surface area contributed by atoms with Crippen molar-refractivity contribution in [2.45, 2.75) is 46.5 Å². The molecule has 0 spiro atoms. The Hall–Kier alpha value is -0.690. The van der Waals surface area contributed by atoms with E-state index in [0.717, 1.165) is 29.1 Å². The Labute approximate surface area is 122 Å². The van der Waals surface area contributed by atoms with Crippen LogP contribution in [0.5, 0.6) is 0 Å². The molecule has 1 aromatic rings. The second-order valence-corrected chi connectivity index (χ2v) is 7.41. The Kier molecular flexibility index (Phi) is 4.78. The second-order valence-electron chi connectivity index (χ2n) is 6.97. The summed E-state index contributed by atoms with van der Waals surface area (Å²) in [6.45, 7) is 8.21. The van der Waals surface area contributed by atoms with Crippen LogP contribution >= 0.6 is 11.6 Å². The van der Waals surface area contributed by atoms with E-state index >= 15 is 0 Å². The van der Waals surface area contributed by atoms with E-state index in [0.29, 0.717) is 5.41 Å². The number of benzene rings is 1. The standard InChI is InChI=1S/C17H26ClN/c1-17(2,3)14-9-7-13(8-10-14)12-19-16-6-4-5-15(18)11-16/h4-6,11,13-14,19H,7-10,12H2,1-3H3. The average Bonchev–Trinajstić information content (AvgIpc) is 2.36. The second kappa shape index (κ2) is 6.17. The first-order chi connectivity index (χ1) is 8.95. The molecular weight excluding hydrogens is 254 g/mol. The Morgan fingerprint density at radius 3 is 2.42 bits per heavy atom. The zero-order chi connectivity index (χ0) is 13.9. The van der Waals surface area contributed by atoms with Crippen molar-refractivity contribution in [3.8, 4) is 0 Å². The molecule has 0 amide bonds. The van der Waals surface area contributed by atoms with Crippen molar-refractivity contribution in [1.29, 1.82) is 0 Å². The lowest BCUT2D eigenvalue weighted by Gasteiger charge is -2.37. The van der Waals surface area contributed by atoms with Crippen molar-refractivity contribution < 1.29 is 0 Å². The molecule has 19 heavy (non-hydrogen) atoms. The SMILES string of the molecule is CC(C)(C)C1CCC(CNc2cccc(Cl)c2)CC1. The molecule has 0 aliphatic heterocycles. The monoisotopic (exact) mass is 279 g/mol. The van der Waals surface area contributed by atoms with Gasteiger partial charge >= 0.3 is 0 Å². The van der Waals surface area contributed by atoms with Gasteiger partial charge in [-0.3, -0.25) is 0 Å². The average molecular weight is 280 g/mol. The van der Waals surface area contributed by atoms with Crippen molar-refractivity contribution in [3.05, 3.63) is 29.3 Å². The van der Waals surface area contributed by atoms with Gasteiger partial charge in [0.05, 0.1) is 0 Å². The van der Waals surface area contributed by atoms with Crippen LogP contribution in [0, 0.1) is 17.3 Å². The summed E-state index contributed by atoms with van der Waals surface area (Å²) in [6, 6.07) is 8.01. The molecule has 0 aromatic heterocycles. The van der Waals surface area contributed by atoms with E-state index in [4.69, 9.17) is 11.6 Å². The Morgan fingerprint density at radius 1 is 1.16 bits per heavy atom. The molecule has 0 radical (unpaired) electrons. The number of anilines is 1. The van der Waals surface area contributed by atoms with E-state index < -0.39 is 0 Å². The number of hydrogen-bond acceptors (Lipinski definition) is 1. The molecule has 1 aliphatic carbocycles. The number of rotatable bonds is 3. The molecule has 1 N–H and O–H groups in total. The van der Waals surface area contributed by atoms with E-state index in [1.807, 2.05) is 18.2 Å². The summed E-state index contributed by atoms with van der Waals surface area (Å²) in [7, 11) is 0. The summed E-state index contributed by atoms with van der Waals surface area (Å²) >= 11 is 6.00. The summed E-state index contributed by atoms with van der Waals surface area (Å²) in [6.07, 6.45) is 5.47. The van der Waals surface area contributed by atoms with E-state index in [2.05, 4.69) is 32.2 Å². The third-order valence-electron chi connectivity index (χ3n) is 4.49. The first kappa shape index (κ1) is 14.7. The van der Waals surface area contributed by atoms with Gasteiger partial charge < -0.3 is 5.32 Å². The number of hydrogen-bond donors (Lipinski definition) is 1. The Balaban J connectivity index is 1.77. The van der Waals surface area contributed by atoms with Crippen LogP contribution in [0.25, 0.3) is 0 Å². The highest BCUT2D eigenvalue weighted by atomic mass is 35.5. The maximum absolute atomic E-state index is 6.00. The van der Waals surface area contributed by atoms with Crippen LogP contribution in [-0.4, -0.2) is 6.54 Å². The molecule has 0 saturated heterocycles. The van der Waals surface area contributed by atoms with Crippen LogP contribution in [0.3, 0.4) is 0 Å². The molecule has 106 valence electrons. The smallest absolute Gasteiger partial charge is 0.0426 e. The molecule has 1 nitrogen and oxygen atoms in total.